The zero-order valence-electron chi connectivity index (χ0n) is 18.0. The second kappa shape index (κ2) is 7.54. The van der Waals surface area contributed by atoms with Crippen LogP contribution in [0.5, 0.6) is 0 Å². The average Bonchev–Trinajstić information content (AvgIpc) is 3.41. The Balaban J connectivity index is 0.00000205. The van der Waals surface area contributed by atoms with Crippen LogP contribution in [0.2, 0.25) is 0 Å². The van der Waals surface area contributed by atoms with Crippen LogP contribution in [0.15, 0.2) is 0 Å². The molecule has 9 unspecified atom stereocenters. The summed E-state index contributed by atoms with van der Waals surface area (Å²) in [5, 5.41) is 0. The van der Waals surface area contributed by atoms with Gasteiger partial charge >= 0.3 is 25.4 Å². The van der Waals surface area contributed by atoms with Crippen molar-refractivity contribution in [1.82, 2.24) is 0 Å². The van der Waals surface area contributed by atoms with Gasteiger partial charge < -0.3 is 15.9 Å². The smallest absolute Gasteiger partial charge is 0.484 e. The van der Waals surface area contributed by atoms with Crippen molar-refractivity contribution in [1.29, 1.82) is 0 Å². The van der Waals surface area contributed by atoms with Gasteiger partial charge in [0.05, 0.1) is 13.0 Å². The van der Waals surface area contributed by atoms with E-state index in [1.807, 2.05) is 13.3 Å². The number of hydrogen-bond donors (Lipinski definition) is 0. The van der Waals surface area contributed by atoms with Crippen LogP contribution in [-0.2, 0) is 38.5 Å². The van der Waals surface area contributed by atoms with E-state index in [-0.39, 0.29) is 48.9 Å². The molecule has 1 aliphatic heterocycles. The Bertz CT molecular complexity index is 678. The van der Waals surface area contributed by atoms with Crippen molar-refractivity contribution in [2.45, 2.75) is 65.9 Å². The van der Waals surface area contributed by atoms with E-state index in [1.165, 1.54) is 19.3 Å². The van der Waals surface area contributed by atoms with E-state index in [1.54, 1.807) is 0 Å². The molecule has 29 heavy (non-hydrogen) atoms. The first-order valence-corrected chi connectivity index (χ1v) is 11.4. The van der Waals surface area contributed by atoms with E-state index in [9.17, 15) is 9.59 Å². The summed E-state index contributed by atoms with van der Waals surface area (Å²) >= 11 is 0. The second-order valence-corrected chi connectivity index (χ2v) is 10.7. The van der Waals surface area contributed by atoms with Gasteiger partial charge in [-0.2, -0.15) is 12.8 Å². The summed E-state index contributed by atoms with van der Waals surface area (Å²) < 4.78 is 11.7. The van der Waals surface area contributed by atoms with Gasteiger partial charge in [0.2, 0.25) is 0 Å². The fraction of sp³-hybridized carbons (Fsp3) is 0.833. The quantitative estimate of drug-likeness (QED) is 0.252. The molecule has 0 aromatic heterocycles. The molecule has 4 bridgehead atoms. The molecular formula is C24H34O4Ru. The van der Waals surface area contributed by atoms with Crippen LogP contribution >= 0.6 is 0 Å². The minimum atomic E-state index is -0.0775. The van der Waals surface area contributed by atoms with Crippen molar-refractivity contribution in [2.75, 3.05) is 6.61 Å². The van der Waals surface area contributed by atoms with Gasteiger partial charge in [0.15, 0.2) is 5.97 Å². The van der Waals surface area contributed by atoms with Gasteiger partial charge in [-0.05, 0) is 60.7 Å². The minimum Gasteiger partial charge on any atom is -0.484 e. The van der Waals surface area contributed by atoms with Crippen molar-refractivity contribution in [3.63, 3.8) is 0 Å². The second-order valence-electron chi connectivity index (χ2n) is 10.7. The number of esters is 2. The summed E-state index contributed by atoms with van der Waals surface area (Å²) in [5.41, 5.74) is 0.0948. The summed E-state index contributed by atoms with van der Waals surface area (Å²) in [6.07, 6.45) is 7.09. The topological polar surface area (TPSA) is 52.6 Å². The molecule has 4 nitrogen and oxygen atoms in total. The maximum atomic E-state index is 13.0. The molecule has 5 rings (SSSR count). The molecule has 4 aliphatic carbocycles. The van der Waals surface area contributed by atoms with Crippen LogP contribution in [-0.4, -0.2) is 24.6 Å². The number of rotatable bonds is 5. The summed E-state index contributed by atoms with van der Waals surface area (Å²) in [6.45, 7) is 9.10. The number of carbonyl (C=O) groups excluding carboxylic acids is 2. The maximum absolute atomic E-state index is 13.0. The fourth-order valence-corrected chi connectivity index (χ4v) is 8.33. The van der Waals surface area contributed by atoms with E-state index in [2.05, 4.69) is 20.8 Å². The van der Waals surface area contributed by atoms with Gasteiger partial charge in [-0.3, -0.25) is 21.9 Å². The van der Waals surface area contributed by atoms with E-state index >= 15 is 0 Å². The van der Waals surface area contributed by atoms with E-state index in [0.29, 0.717) is 49.0 Å². The predicted octanol–water partition coefficient (Wildman–Crippen LogP) is 4.23. The van der Waals surface area contributed by atoms with Crippen LogP contribution in [0.25, 0.3) is 0 Å². The van der Waals surface area contributed by atoms with Crippen molar-refractivity contribution < 1.29 is 38.5 Å². The van der Waals surface area contributed by atoms with Gasteiger partial charge in [0.25, 0.3) is 0 Å². The molecule has 5 aliphatic rings. The first-order valence-electron chi connectivity index (χ1n) is 11.4. The normalized spacial score (nSPS) is 46.2. The summed E-state index contributed by atoms with van der Waals surface area (Å²) in [4.78, 5) is 24.9. The number of cyclic esters (lactones) is 1. The first kappa shape index (κ1) is 21.7. The van der Waals surface area contributed by atoms with Gasteiger partial charge in [-0.1, -0.05) is 20.8 Å². The average molecular weight is 488 g/mol. The number of carbonyl (C=O) groups is 2. The van der Waals surface area contributed by atoms with Gasteiger partial charge in [0, 0.05) is 5.41 Å². The molecule has 9 atom stereocenters. The van der Waals surface area contributed by atoms with Gasteiger partial charge in [-0.15, -0.1) is 0 Å². The third-order valence-electron chi connectivity index (χ3n) is 9.26. The Morgan fingerprint density at radius 3 is 2.69 bits per heavy atom. The zero-order chi connectivity index (χ0) is 19.8. The Labute approximate surface area is 188 Å². The molecule has 162 valence electrons. The van der Waals surface area contributed by atoms with Crippen molar-refractivity contribution in [2.24, 2.45) is 52.8 Å². The monoisotopic (exact) mass is 488 g/mol. The maximum Gasteiger partial charge on any atom is 2.00 e. The Kier molecular flexibility index (Phi) is 5.63. The molecular weight excluding hydrogens is 453 g/mol. The minimum absolute atomic E-state index is 0. The van der Waals surface area contributed by atoms with Gasteiger partial charge in [0.1, 0.15) is 6.10 Å². The Morgan fingerprint density at radius 1 is 1.31 bits per heavy atom. The van der Waals surface area contributed by atoms with E-state index in [4.69, 9.17) is 9.47 Å². The van der Waals surface area contributed by atoms with Crippen molar-refractivity contribution >= 4 is 11.9 Å². The third-order valence-corrected chi connectivity index (χ3v) is 9.26. The molecule has 1 saturated heterocycles. The molecule has 0 N–H and O–H groups in total. The van der Waals surface area contributed by atoms with Crippen LogP contribution in [0.1, 0.15) is 59.8 Å². The summed E-state index contributed by atoms with van der Waals surface area (Å²) in [7, 11) is 0. The largest absolute Gasteiger partial charge is 2.00 e. The van der Waals surface area contributed by atoms with Crippen LogP contribution in [0.4, 0.5) is 0 Å². The zero-order valence-corrected chi connectivity index (χ0v) is 19.7. The van der Waals surface area contributed by atoms with E-state index < -0.39 is 0 Å². The summed E-state index contributed by atoms with van der Waals surface area (Å²) in [5.74, 6) is 5.45. The van der Waals surface area contributed by atoms with Crippen molar-refractivity contribution in [3.05, 3.63) is 12.3 Å². The van der Waals surface area contributed by atoms with Crippen LogP contribution in [0.3, 0.4) is 0 Å². The molecule has 5 fully saturated rings. The third kappa shape index (κ3) is 3.04. The molecule has 0 aromatic carbocycles. The first-order chi connectivity index (χ1) is 13.4. The molecule has 1 heterocycles. The SMILES string of the molecule is C[CH-]C[C-](C(=O)OC1C(C)C2CC1C1C2C2CC1C1(COC(=O)C1)C2)C(C)C.[Ru+2]. The van der Waals surface area contributed by atoms with Crippen LogP contribution < -0.4 is 0 Å². The number of ether oxygens (including phenoxy) is 2. The van der Waals surface area contributed by atoms with Crippen molar-refractivity contribution in [3.8, 4) is 0 Å². The Morgan fingerprint density at radius 2 is 2.07 bits per heavy atom. The Hall–Kier alpha value is -0.567. The molecule has 1 spiro atoms. The number of hydrogen-bond acceptors (Lipinski definition) is 4. The summed E-state index contributed by atoms with van der Waals surface area (Å²) in [6, 6.07) is 0. The van der Waals surface area contributed by atoms with Crippen LogP contribution in [0, 0.1) is 65.1 Å². The molecule has 0 aromatic rings. The molecule has 4 saturated carbocycles. The molecule has 0 amide bonds. The van der Waals surface area contributed by atoms with Gasteiger partial charge in [-0.25, -0.2) is 0 Å². The van der Waals surface area contributed by atoms with E-state index in [0.717, 1.165) is 17.8 Å². The standard InChI is InChI=1S/C24H34O4.Ru/c1-5-6-15(12(2)3)23(26)28-22-13(4)16-8-17(22)21-18-7-14(20(16)21)9-24(18)10-19(25)27-11-24;/h5,12-14,16-18,20-22H,6-11H2,1-4H3;/q-2;+2. The molecule has 0 radical (unpaired) electrons. The predicted molar refractivity (Wildman–Crippen MR) is 105 cm³/mol. The number of fused-ring (bicyclic) bond motifs is 10. The molecule has 5 heteroatoms. The fourth-order valence-electron chi connectivity index (χ4n) is 8.33.